The van der Waals surface area contributed by atoms with Gasteiger partial charge in [0.1, 0.15) is 0 Å². The fourth-order valence-corrected chi connectivity index (χ4v) is 5.98. The van der Waals surface area contributed by atoms with Gasteiger partial charge in [0, 0.05) is 34.1 Å². The van der Waals surface area contributed by atoms with Crippen LogP contribution >= 0.6 is 22.9 Å². The van der Waals surface area contributed by atoms with E-state index in [1.54, 1.807) is 18.2 Å². The van der Waals surface area contributed by atoms with Crippen molar-refractivity contribution in [3.63, 3.8) is 0 Å². The lowest BCUT2D eigenvalue weighted by atomic mass is 10.1. The Morgan fingerprint density at radius 3 is 2.56 bits per heavy atom. The van der Waals surface area contributed by atoms with E-state index < -0.39 is 10.0 Å². The van der Waals surface area contributed by atoms with Crippen LogP contribution in [0.15, 0.2) is 69.7 Å². The molecule has 0 bridgehead atoms. The first kappa shape index (κ1) is 22.7. The fraction of sp³-hybridized carbons (Fsp3) is 0.208. The van der Waals surface area contributed by atoms with E-state index in [0.29, 0.717) is 10.6 Å². The van der Waals surface area contributed by atoms with E-state index >= 15 is 0 Å². The number of nitrogens with one attached hydrogen (secondary N) is 1. The number of aromatic nitrogens is 1. The summed E-state index contributed by atoms with van der Waals surface area (Å²) in [6.45, 7) is 4.00. The van der Waals surface area contributed by atoms with Crippen LogP contribution in [0.2, 0.25) is 5.02 Å². The van der Waals surface area contributed by atoms with Crippen LogP contribution in [0.4, 0.5) is 0 Å². The monoisotopic (exact) mass is 486 g/mol. The zero-order valence-electron chi connectivity index (χ0n) is 17.8. The third-order valence-electron chi connectivity index (χ3n) is 5.43. The molecule has 0 atom stereocenters. The van der Waals surface area contributed by atoms with E-state index in [1.165, 1.54) is 21.7 Å². The Hall–Kier alpha value is -2.45. The van der Waals surface area contributed by atoms with Gasteiger partial charge in [0.15, 0.2) is 0 Å². The molecule has 0 fully saturated rings. The van der Waals surface area contributed by atoms with Crippen molar-refractivity contribution in [2.45, 2.75) is 38.3 Å². The van der Waals surface area contributed by atoms with Crippen molar-refractivity contribution in [2.24, 2.45) is 0 Å². The number of aryl methyl sites for hydroxylation is 2. The second kappa shape index (κ2) is 9.19. The molecule has 4 rings (SSSR count). The van der Waals surface area contributed by atoms with E-state index in [1.807, 2.05) is 42.6 Å². The summed E-state index contributed by atoms with van der Waals surface area (Å²) < 4.78 is 28.5. The molecule has 0 saturated heterocycles. The Bertz CT molecular complexity index is 1430. The van der Waals surface area contributed by atoms with Gasteiger partial charge >= 0.3 is 0 Å². The third kappa shape index (κ3) is 4.66. The Morgan fingerprint density at radius 2 is 1.88 bits per heavy atom. The highest BCUT2D eigenvalue weighted by Gasteiger charge is 2.27. The summed E-state index contributed by atoms with van der Waals surface area (Å²) in [4.78, 5) is 16.7. The topological polar surface area (TPSA) is 70.2 Å². The normalized spacial score (nSPS) is 12.0. The number of halogens is 1. The SMILES string of the molecule is CCc1ccc2[nH]c(=O)c(CN(Cc3cccs3)S(=O)(=O)c3ccc(C)c(Cl)c3)cc2c1. The first-order valence-corrected chi connectivity index (χ1v) is 12.9. The molecule has 1 N–H and O–H groups in total. The number of pyridine rings is 1. The number of sulfonamides is 1. The Morgan fingerprint density at radius 1 is 1.06 bits per heavy atom. The number of benzene rings is 2. The van der Waals surface area contributed by atoms with Gasteiger partial charge in [-0.25, -0.2) is 8.42 Å². The number of H-pyrrole nitrogens is 1. The van der Waals surface area contributed by atoms with E-state index in [0.717, 1.165) is 33.3 Å². The Labute approximate surface area is 196 Å². The summed E-state index contributed by atoms with van der Waals surface area (Å²) >= 11 is 7.68. The first-order valence-electron chi connectivity index (χ1n) is 10.2. The van der Waals surface area contributed by atoms with Gasteiger partial charge in [-0.05, 0) is 71.6 Å². The Balaban J connectivity index is 1.78. The lowest BCUT2D eigenvalue weighted by molar-refractivity contribution is 0.402. The minimum atomic E-state index is -3.89. The summed E-state index contributed by atoms with van der Waals surface area (Å²) in [6.07, 6.45) is 0.872. The van der Waals surface area contributed by atoms with Crippen LogP contribution in [0.25, 0.3) is 10.9 Å². The van der Waals surface area contributed by atoms with Crippen molar-refractivity contribution >= 4 is 43.9 Å². The van der Waals surface area contributed by atoms with Crippen molar-refractivity contribution in [3.05, 3.63) is 96.9 Å². The zero-order chi connectivity index (χ0) is 22.9. The molecule has 2 aromatic heterocycles. The summed E-state index contributed by atoms with van der Waals surface area (Å²) in [5, 5.41) is 3.17. The van der Waals surface area contributed by atoms with Crippen LogP contribution in [-0.4, -0.2) is 17.7 Å². The minimum Gasteiger partial charge on any atom is -0.322 e. The maximum Gasteiger partial charge on any atom is 0.252 e. The van der Waals surface area contributed by atoms with E-state index in [-0.39, 0.29) is 23.5 Å². The molecular formula is C24H23ClN2O3S2. The largest absolute Gasteiger partial charge is 0.322 e. The Kier molecular flexibility index (Phi) is 6.53. The number of hydrogen-bond acceptors (Lipinski definition) is 4. The number of aromatic amines is 1. The molecule has 2 aromatic carbocycles. The summed E-state index contributed by atoms with van der Waals surface area (Å²) in [7, 11) is -3.89. The highest BCUT2D eigenvalue weighted by Crippen LogP contribution is 2.26. The molecule has 0 spiro atoms. The van der Waals surface area contributed by atoms with Crippen molar-refractivity contribution < 1.29 is 8.42 Å². The van der Waals surface area contributed by atoms with Crippen LogP contribution in [0.1, 0.15) is 28.5 Å². The maximum atomic E-state index is 13.6. The number of nitrogens with zero attached hydrogens (tertiary/aromatic N) is 1. The molecule has 0 unspecified atom stereocenters. The summed E-state index contributed by atoms with van der Waals surface area (Å²) in [6, 6.07) is 16.1. The average molecular weight is 487 g/mol. The molecule has 0 saturated carbocycles. The van der Waals surface area contributed by atoms with E-state index in [9.17, 15) is 13.2 Å². The van der Waals surface area contributed by atoms with Gasteiger partial charge in [-0.2, -0.15) is 4.31 Å². The average Bonchev–Trinajstić information content (AvgIpc) is 3.28. The lowest BCUT2D eigenvalue weighted by Gasteiger charge is -2.22. The van der Waals surface area contributed by atoms with E-state index in [2.05, 4.69) is 11.9 Å². The number of fused-ring (bicyclic) bond motifs is 1. The molecule has 0 aliphatic carbocycles. The lowest BCUT2D eigenvalue weighted by Crippen LogP contribution is -2.32. The van der Waals surface area contributed by atoms with Crippen molar-refractivity contribution in [1.29, 1.82) is 0 Å². The van der Waals surface area contributed by atoms with Gasteiger partial charge in [-0.1, -0.05) is 36.7 Å². The van der Waals surface area contributed by atoms with Gasteiger partial charge in [-0.15, -0.1) is 11.3 Å². The summed E-state index contributed by atoms with van der Waals surface area (Å²) in [5.74, 6) is 0. The van der Waals surface area contributed by atoms with Gasteiger partial charge in [0.05, 0.1) is 4.90 Å². The molecule has 0 aliphatic rings. The van der Waals surface area contributed by atoms with Crippen LogP contribution in [0.3, 0.4) is 0 Å². The molecule has 0 amide bonds. The van der Waals surface area contributed by atoms with Crippen molar-refractivity contribution in [1.82, 2.24) is 9.29 Å². The first-order chi connectivity index (χ1) is 15.3. The molecule has 2 heterocycles. The predicted molar refractivity (Wildman–Crippen MR) is 131 cm³/mol. The van der Waals surface area contributed by atoms with Crippen LogP contribution in [0.5, 0.6) is 0 Å². The highest BCUT2D eigenvalue weighted by atomic mass is 35.5. The zero-order valence-corrected chi connectivity index (χ0v) is 20.2. The second-order valence-electron chi connectivity index (χ2n) is 7.66. The van der Waals surface area contributed by atoms with Gasteiger partial charge in [0.2, 0.25) is 10.0 Å². The number of hydrogen-bond donors (Lipinski definition) is 1. The molecule has 8 heteroatoms. The van der Waals surface area contributed by atoms with Crippen LogP contribution < -0.4 is 5.56 Å². The minimum absolute atomic E-state index is 0.0483. The smallest absolute Gasteiger partial charge is 0.252 e. The molecule has 166 valence electrons. The maximum absolute atomic E-state index is 13.6. The number of thiophene rings is 1. The quantitative estimate of drug-likeness (QED) is 0.374. The van der Waals surface area contributed by atoms with Crippen molar-refractivity contribution in [3.8, 4) is 0 Å². The molecular weight excluding hydrogens is 464 g/mol. The van der Waals surface area contributed by atoms with Gasteiger partial charge in [0.25, 0.3) is 5.56 Å². The fourth-order valence-electron chi connectivity index (χ4n) is 3.51. The molecule has 32 heavy (non-hydrogen) atoms. The molecule has 0 radical (unpaired) electrons. The van der Waals surface area contributed by atoms with Gasteiger partial charge in [-0.3, -0.25) is 4.79 Å². The second-order valence-corrected chi connectivity index (χ2v) is 11.0. The molecule has 0 aliphatic heterocycles. The molecule has 4 aromatic rings. The van der Waals surface area contributed by atoms with Gasteiger partial charge < -0.3 is 4.98 Å². The van der Waals surface area contributed by atoms with E-state index in [4.69, 9.17) is 11.6 Å². The van der Waals surface area contributed by atoms with Crippen molar-refractivity contribution in [2.75, 3.05) is 0 Å². The molecule has 5 nitrogen and oxygen atoms in total. The third-order valence-corrected chi connectivity index (χ3v) is 8.49. The highest BCUT2D eigenvalue weighted by molar-refractivity contribution is 7.89. The van der Waals surface area contributed by atoms with Crippen LogP contribution in [-0.2, 0) is 29.5 Å². The standard InChI is InChI=1S/C24H23ClN2O3S2/c1-3-17-7-9-23-18(11-17)12-19(24(28)26-23)14-27(15-20-5-4-10-31-20)32(29,30)21-8-6-16(2)22(25)13-21/h4-13H,3,14-15H2,1-2H3,(H,26,28). The van der Waals surface area contributed by atoms with Crippen LogP contribution in [0, 0.1) is 6.92 Å². The number of rotatable bonds is 7. The summed E-state index contributed by atoms with van der Waals surface area (Å²) in [5.41, 5.74) is 2.77. The predicted octanol–water partition coefficient (Wildman–Crippen LogP) is 5.50.